The molecule has 0 bridgehead atoms. The highest BCUT2D eigenvalue weighted by Gasteiger charge is 2.11. The van der Waals surface area contributed by atoms with Crippen LogP contribution in [0.1, 0.15) is 0 Å². The SMILES string of the molecule is CN(C(=O)C=[N+]=[N-])c1ccc(Br)cc1. The first kappa shape index (κ1) is 10.6. The lowest BCUT2D eigenvalue weighted by molar-refractivity contribution is -0.115. The summed E-state index contributed by atoms with van der Waals surface area (Å²) in [5.74, 6) is -0.380. The number of rotatable bonds is 2. The van der Waals surface area contributed by atoms with Crippen molar-refractivity contribution >= 4 is 33.7 Å². The lowest BCUT2D eigenvalue weighted by atomic mass is 10.3. The van der Waals surface area contributed by atoms with Crippen LogP contribution in [0.2, 0.25) is 0 Å². The van der Waals surface area contributed by atoms with Crippen LogP contribution in [-0.4, -0.2) is 24.0 Å². The minimum atomic E-state index is -0.380. The number of halogens is 1. The second-order valence-electron chi connectivity index (χ2n) is 2.62. The predicted octanol–water partition coefficient (Wildman–Crippen LogP) is 1.71. The van der Waals surface area contributed by atoms with Crippen LogP contribution in [0, 0.1) is 0 Å². The van der Waals surface area contributed by atoms with Gasteiger partial charge in [-0.2, -0.15) is 4.79 Å². The van der Waals surface area contributed by atoms with Gasteiger partial charge < -0.3 is 10.4 Å². The lowest BCUT2D eigenvalue weighted by Gasteiger charge is -2.12. The van der Waals surface area contributed by atoms with Gasteiger partial charge in [-0.15, -0.1) is 0 Å². The molecule has 0 heterocycles. The van der Waals surface area contributed by atoms with E-state index in [1.54, 1.807) is 19.2 Å². The van der Waals surface area contributed by atoms with Crippen LogP contribution in [0.5, 0.6) is 0 Å². The van der Waals surface area contributed by atoms with Crippen LogP contribution in [0.15, 0.2) is 28.7 Å². The van der Waals surface area contributed by atoms with E-state index in [1.807, 2.05) is 12.1 Å². The molecular weight excluding hydrogens is 246 g/mol. The van der Waals surface area contributed by atoms with Gasteiger partial charge in [0.15, 0.2) is 0 Å². The summed E-state index contributed by atoms with van der Waals surface area (Å²) in [6.07, 6.45) is 0.849. The van der Waals surface area contributed by atoms with Gasteiger partial charge in [0.2, 0.25) is 0 Å². The zero-order chi connectivity index (χ0) is 10.6. The van der Waals surface area contributed by atoms with Gasteiger partial charge in [-0.25, -0.2) is 0 Å². The van der Waals surface area contributed by atoms with Gasteiger partial charge in [-0.1, -0.05) is 15.9 Å². The van der Waals surface area contributed by atoms with E-state index < -0.39 is 0 Å². The Morgan fingerprint density at radius 2 is 2.07 bits per heavy atom. The van der Waals surface area contributed by atoms with Crippen molar-refractivity contribution in [2.24, 2.45) is 0 Å². The van der Waals surface area contributed by atoms with Crippen molar-refractivity contribution in [3.63, 3.8) is 0 Å². The third-order valence-corrected chi connectivity index (χ3v) is 2.24. The van der Waals surface area contributed by atoms with E-state index in [0.29, 0.717) is 0 Å². The van der Waals surface area contributed by atoms with Crippen LogP contribution >= 0.6 is 15.9 Å². The van der Waals surface area contributed by atoms with Crippen LogP contribution in [0.3, 0.4) is 0 Å². The van der Waals surface area contributed by atoms with Gasteiger partial charge in [0.05, 0.1) is 0 Å². The third-order valence-electron chi connectivity index (χ3n) is 1.71. The molecule has 1 aromatic rings. The minimum absolute atomic E-state index is 0.380. The number of carbonyl (C=O) groups excluding carboxylic acids is 1. The monoisotopic (exact) mass is 253 g/mol. The summed E-state index contributed by atoms with van der Waals surface area (Å²) in [5, 5.41) is 0. The molecule has 0 spiro atoms. The van der Waals surface area contributed by atoms with Crippen LogP contribution in [0.4, 0.5) is 5.69 Å². The van der Waals surface area contributed by atoms with E-state index in [-0.39, 0.29) is 5.91 Å². The largest absolute Gasteiger partial charge is 0.361 e. The predicted molar refractivity (Wildman–Crippen MR) is 57.2 cm³/mol. The molecule has 0 saturated heterocycles. The third kappa shape index (κ3) is 2.52. The minimum Gasteiger partial charge on any atom is -0.361 e. The zero-order valence-electron chi connectivity index (χ0n) is 7.51. The molecule has 0 unspecified atom stereocenters. The fourth-order valence-corrected chi connectivity index (χ4v) is 1.19. The molecule has 72 valence electrons. The van der Waals surface area contributed by atoms with Gasteiger partial charge in [0.1, 0.15) is 0 Å². The van der Waals surface area contributed by atoms with Crippen LogP contribution in [0.25, 0.3) is 5.53 Å². The Hall–Kier alpha value is -1.45. The van der Waals surface area contributed by atoms with Gasteiger partial charge in [0, 0.05) is 17.2 Å². The summed E-state index contributed by atoms with van der Waals surface area (Å²) in [7, 11) is 1.60. The molecule has 14 heavy (non-hydrogen) atoms. The lowest BCUT2D eigenvalue weighted by Crippen LogP contribution is -2.27. The molecule has 0 fully saturated rings. The summed E-state index contributed by atoms with van der Waals surface area (Å²) >= 11 is 3.29. The van der Waals surface area contributed by atoms with Crippen molar-refractivity contribution in [1.82, 2.24) is 0 Å². The molecule has 0 saturated carbocycles. The molecule has 0 radical (unpaired) electrons. The Labute approximate surface area is 89.9 Å². The Balaban J connectivity index is 2.89. The Morgan fingerprint density at radius 1 is 1.50 bits per heavy atom. The van der Waals surface area contributed by atoms with Crippen molar-refractivity contribution in [3.05, 3.63) is 34.3 Å². The number of carbonyl (C=O) groups is 1. The van der Waals surface area contributed by atoms with Crippen molar-refractivity contribution in [3.8, 4) is 0 Å². The molecule has 4 nitrogen and oxygen atoms in total. The first-order valence-electron chi connectivity index (χ1n) is 3.86. The van der Waals surface area contributed by atoms with Crippen LogP contribution in [-0.2, 0) is 4.79 Å². The molecule has 1 rings (SSSR count). The topological polar surface area (TPSA) is 56.7 Å². The second kappa shape index (κ2) is 4.69. The van der Waals surface area contributed by atoms with Crippen LogP contribution < -0.4 is 4.90 Å². The van der Waals surface area contributed by atoms with Crippen molar-refractivity contribution in [2.75, 3.05) is 11.9 Å². The molecule has 0 aliphatic heterocycles. The maximum Gasteiger partial charge on any atom is 0.345 e. The maximum atomic E-state index is 11.2. The summed E-state index contributed by atoms with van der Waals surface area (Å²) in [6.45, 7) is 0. The normalized spacial score (nSPS) is 9.00. The van der Waals surface area contributed by atoms with E-state index >= 15 is 0 Å². The van der Waals surface area contributed by atoms with E-state index in [4.69, 9.17) is 5.53 Å². The number of hydrogen-bond donors (Lipinski definition) is 0. The first-order valence-corrected chi connectivity index (χ1v) is 4.65. The Bertz CT molecular complexity index is 382. The number of anilines is 1. The second-order valence-corrected chi connectivity index (χ2v) is 3.53. The summed E-state index contributed by atoms with van der Waals surface area (Å²) < 4.78 is 0.943. The van der Waals surface area contributed by atoms with Gasteiger partial charge in [-0.3, -0.25) is 4.79 Å². The van der Waals surface area contributed by atoms with Crippen molar-refractivity contribution in [1.29, 1.82) is 0 Å². The molecule has 0 atom stereocenters. The van der Waals surface area contributed by atoms with Crippen molar-refractivity contribution < 1.29 is 9.58 Å². The molecule has 0 aromatic heterocycles. The Kier molecular flexibility index (Phi) is 3.56. The van der Waals surface area contributed by atoms with E-state index in [9.17, 15) is 4.79 Å². The zero-order valence-corrected chi connectivity index (χ0v) is 9.10. The van der Waals surface area contributed by atoms with Gasteiger partial charge >= 0.3 is 12.1 Å². The average molecular weight is 254 g/mol. The Morgan fingerprint density at radius 3 is 2.57 bits per heavy atom. The number of benzene rings is 1. The summed E-state index contributed by atoms with van der Waals surface area (Å²) in [6, 6.07) is 7.23. The van der Waals surface area contributed by atoms with E-state index in [0.717, 1.165) is 16.4 Å². The summed E-state index contributed by atoms with van der Waals surface area (Å²) in [4.78, 5) is 15.3. The van der Waals surface area contributed by atoms with Gasteiger partial charge in [0.25, 0.3) is 0 Å². The van der Waals surface area contributed by atoms with Gasteiger partial charge in [-0.05, 0) is 24.3 Å². The van der Waals surface area contributed by atoms with Crippen molar-refractivity contribution in [2.45, 2.75) is 0 Å². The fraction of sp³-hybridized carbons (Fsp3) is 0.111. The summed E-state index contributed by atoms with van der Waals surface area (Å²) in [5.41, 5.74) is 8.93. The maximum absolute atomic E-state index is 11.2. The molecule has 0 aliphatic carbocycles. The quantitative estimate of drug-likeness (QED) is 0.450. The molecule has 1 amide bonds. The number of hydrogen-bond acceptors (Lipinski definition) is 1. The molecule has 1 aromatic carbocycles. The smallest absolute Gasteiger partial charge is 0.345 e. The molecule has 0 aliphatic rings. The highest BCUT2D eigenvalue weighted by molar-refractivity contribution is 9.10. The molecular formula is C9H8BrN3O. The van der Waals surface area contributed by atoms with E-state index in [1.165, 1.54) is 4.90 Å². The number of nitrogens with zero attached hydrogens (tertiary/aromatic N) is 3. The highest BCUT2D eigenvalue weighted by atomic mass is 79.9. The first-order chi connectivity index (χ1) is 6.65. The standard InChI is InChI=1S/C9H8BrN3O/c1-13(9(14)6-12-11)8-4-2-7(10)3-5-8/h2-6H,1H3. The fourth-order valence-electron chi connectivity index (χ4n) is 0.928. The number of amides is 1. The average Bonchev–Trinajstić information content (AvgIpc) is 2.18. The highest BCUT2D eigenvalue weighted by Crippen LogP contribution is 2.16. The molecule has 0 N–H and O–H groups in total. The molecule has 5 heteroatoms. The van der Waals surface area contributed by atoms with E-state index in [2.05, 4.69) is 20.7 Å².